The number of halogens is 1. The van der Waals surface area contributed by atoms with E-state index in [4.69, 9.17) is 0 Å². The second-order valence-corrected chi connectivity index (χ2v) is 3.12. The molecule has 1 aliphatic heterocycles. The molecule has 0 atom stereocenters. The summed E-state index contributed by atoms with van der Waals surface area (Å²) in [7, 11) is 2.01. The lowest BCUT2D eigenvalue weighted by Crippen LogP contribution is -2.53. The third-order valence-electron chi connectivity index (χ3n) is 1.63. The maximum absolute atomic E-state index is 12.0. The van der Waals surface area contributed by atoms with E-state index < -0.39 is 0 Å². The molecule has 48 valence electrons. The Morgan fingerprint density at radius 3 is 2.25 bits per heavy atom. The van der Waals surface area contributed by atoms with Gasteiger partial charge in [-0.1, -0.05) is 6.92 Å². The highest BCUT2D eigenvalue weighted by atomic mass is 19.1. The maximum atomic E-state index is 12.0. The molecule has 1 aliphatic rings. The Kier molecular flexibility index (Phi) is 1.27. The molecule has 0 bridgehead atoms. The first-order chi connectivity index (χ1) is 3.66. The average Bonchev–Trinajstić information content (AvgIpc) is 1.63. The fourth-order valence-electron chi connectivity index (χ4n) is 1.34. The van der Waals surface area contributed by atoms with E-state index in [-0.39, 0.29) is 12.1 Å². The highest BCUT2D eigenvalue weighted by molar-refractivity contribution is 4.88. The van der Waals surface area contributed by atoms with Crippen LogP contribution in [0.3, 0.4) is 0 Å². The van der Waals surface area contributed by atoms with Crippen LogP contribution >= 0.6 is 0 Å². The van der Waals surface area contributed by atoms with E-state index in [1.807, 2.05) is 14.0 Å². The third kappa shape index (κ3) is 0.848. The van der Waals surface area contributed by atoms with Gasteiger partial charge >= 0.3 is 0 Å². The largest absolute Gasteiger partial charge is 0.305 e. The summed E-state index contributed by atoms with van der Waals surface area (Å²) in [6, 6.07) is 0. The smallest absolute Gasteiger partial charge is 0.0972 e. The van der Waals surface area contributed by atoms with Gasteiger partial charge in [0.2, 0.25) is 0 Å². The van der Waals surface area contributed by atoms with Gasteiger partial charge < -0.3 is 4.90 Å². The first-order valence-electron chi connectivity index (χ1n) is 2.91. The lowest BCUT2D eigenvalue weighted by Gasteiger charge is -2.44. The zero-order valence-corrected chi connectivity index (χ0v) is 5.45. The molecule has 0 aliphatic carbocycles. The molecule has 0 aromatic rings. The second-order valence-electron chi connectivity index (χ2n) is 3.12. The molecule has 2 heteroatoms. The standard InChI is InChI=1S/C6H12FN/c1-6(3-7)4-8(2)5-6/h3-5H2,1-2H3. The van der Waals surface area contributed by atoms with Gasteiger partial charge in [-0.3, -0.25) is 4.39 Å². The molecule has 0 N–H and O–H groups in total. The minimum Gasteiger partial charge on any atom is -0.305 e. The van der Waals surface area contributed by atoms with Crippen LogP contribution in [-0.4, -0.2) is 31.7 Å². The fraction of sp³-hybridized carbons (Fsp3) is 1.00. The van der Waals surface area contributed by atoms with Crippen molar-refractivity contribution >= 4 is 0 Å². The summed E-state index contributed by atoms with van der Waals surface area (Å²) in [6.45, 7) is 3.65. The number of rotatable bonds is 1. The molecule has 1 saturated heterocycles. The normalized spacial score (nSPS) is 27.4. The zero-order chi connectivity index (χ0) is 6.20. The first kappa shape index (κ1) is 6.02. The summed E-state index contributed by atoms with van der Waals surface area (Å²) >= 11 is 0. The SMILES string of the molecule is CN1CC(C)(CF)C1. The minimum atomic E-state index is -0.169. The molecule has 0 unspecified atom stereocenters. The molecule has 1 rings (SSSR count). The van der Waals surface area contributed by atoms with Crippen molar-refractivity contribution in [3.05, 3.63) is 0 Å². The molecule has 1 nitrogen and oxygen atoms in total. The van der Waals surface area contributed by atoms with Crippen molar-refractivity contribution in [1.82, 2.24) is 4.90 Å². The van der Waals surface area contributed by atoms with Crippen molar-refractivity contribution < 1.29 is 4.39 Å². The Balaban J connectivity index is 2.30. The summed E-state index contributed by atoms with van der Waals surface area (Å²) in [5.74, 6) is 0. The highest BCUT2D eigenvalue weighted by Gasteiger charge is 2.35. The Morgan fingerprint density at radius 1 is 1.62 bits per heavy atom. The van der Waals surface area contributed by atoms with Crippen LogP contribution in [0.15, 0.2) is 0 Å². The van der Waals surface area contributed by atoms with Crippen LogP contribution < -0.4 is 0 Å². The van der Waals surface area contributed by atoms with Gasteiger partial charge in [0.15, 0.2) is 0 Å². The van der Waals surface area contributed by atoms with E-state index in [0.29, 0.717) is 0 Å². The zero-order valence-electron chi connectivity index (χ0n) is 5.45. The Hall–Kier alpha value is -0.110. The summed E-state index contributed by atoms with van der Waals surface area (Å²) in [5.41, 5.74) is -0.00521. The summed E-state index contributed by atoms with van der Waals surface area (Å²) in [5, 5.41) is 0. The van der Waals surface area contributed by atoms with Crippen LogP contribution in [0.25, 0.3) is 0 Å². The van der Waals surface area contributed by atoms with Crippen molar-refractivity contribution in [2.75, 3.05) is 26.8 Å². The molecule has 1 fully saturated rings. The van der Waals surface area contributed by atoms with Crippen LogP contribution in [0.1, 0.15) is 6.92 Å². The third-order valence-corrected chi connectivity index (χ3v) is 1.63. The van der Waals surface area contributed by atoms with Crippen molar-refractivity contribution in [3.8, 4) is 0 Å². The number of likely N-dealkylation sites (tertiary alicyclic amines) is 1. The van der Waals surface area contributed by atoms with Crippen molar-refractivity contribution in [2.45, 2.75) is 6.92 Å². The molecule has 0 amide bonds. The monoisotopic (exact) mass is 117 g/mol. The summed E-state index contributed by atoms with van der Waals surface area (Å²) < 4.78 is 12.0. The lowest BCUT2D eigenvalue weighted by molar-refractivity contribution is 0.0175. The van der Waals surface area contributed by atoms with E-state index in [2.05, 4.69) is 4.90 Å². The van der Waals surface area contributed by atoms with E-state index in [0.717, 1.165) is 13.1 Å². The van der Waals surface area contributed by atoms with Crippen LogP contribution in [0.2, 0.25) is 0 Å². The fourth-order valence-corrected chi connectivity index (χ4v) is 1.34. The molecule has 0 aromatic heterocycles. The molecule has 0 saturated carbocycles. The van der Waals surface area contributed by atoms with E-state index >= 15 is 0 Å². The van der Waals surface area contributed by atoms with Crippen molar-refractivity contribution in [2.24, 2.45) is 5.41 Å². The van der Waals surface area contributed by atoms with Crippen LogP contribution in [0, 0.1) is 5.41 Å². The number of alkyl halides is 1. The number of hydrogen-bond donors (Lipinski definition) is 0. The predicted octanol–water partition coefficient (Wildman–Crippen LogP) is 0.908. The number of nitrogens with zero attached hydrogens (tertiary/aromatic N) is 1. The summed E-state index contributed by atoms with van der Waals surface area (Å²) in [4.78, 5) is 2.12. The molecule has 0 aromatic carbocycles. The van der Waals surface area contributed by atoms with E-state index in [1.54, 1.807) is 0 Å². The van der Waals surface area contributed by atoms with Gasteiger partial charge in [0.25, 0.3) is 0 Å². The van der Waals surface area contributed by atoms with Crippen molar-refractivity contribution in [1.29, 1.82) is 0 Å². The molecular weight excluding hydrogens is 105 g/mol. The van der Waals surface area contributed by atoms with Crippen molar-refractivity contribution in [3.63, 3.8) is 0 Å². The first-order valence-corrected chi connectivity index (χ1v) is 2.91. The minimum absolute atomic E-state index is 0.00521. The van der Waals surface area contributed by atoms with Gasteiger partial charge in [-0.05, 0) is 7.05 Å². The van der Waals surface area contributed by atoms with E-state index in [1.165, 1.54) is 0 Å². The Bertz CT molecular complexity index is 86.5. The molecule has 0 radical (unpaired) electrons. The number of hydrogen-bond acceptors (Lipinski definition) is 1. The van der Waals surface area contributed by atoms with Gasteiger partial charge in [0.1, 0.15) is 0 Å². The molecule has 8 heavy (non-hydrogen) atoms. The Labute approximate surface area is 49.5 Å². The van der Waals surface area contributed by atoms with Gasteiger partial charge in [0, 0.05) is 18.5 Å². The van der Waals surface area contributed by atoms with Gasteiger partial charge in [-0.2, -0.15) is 0 Å². The van der Waals surface area contributed by atoms with Crippen LogP contribution in [-0.2, 0) is 0 Å². The van der Waals surface area contributed by atoms with Gasteiger partial charge in [-0.25, -0.2) is 0 Å². The molecular formula is C6H12FN. The highest BCUT2D eigenvalue weighted by Crippen LogP contribution is 2.27. The maximum Gasteiger partial charge on any atom is 0.0972 e. The average molecular weight is 117 g/mol. The van der Waals surface area contributed by atoms with Crippen LogP contribution in [0.4, 0.5) is 4.39 Å². The van der Waals surface area contributed by atoms with Gasteiger partial charge in [-0.15, -0.1) is 0 Å². The summed E-state index contributed by atoms with van der Waals surface area (Å²) in [6.07, 6.45) is 0. The van der Waals surface area contributed by atoms with Crippen LogP contribution in [0.5, 0.6) is 0 Å². The lowest BCUT2D eigenvalue weighted by atomic mass is 9.84. The quantitative estimate of drug-likeness (QED) is 0.493. The topological polar surface area (TPSA) is 3.24 Å². The molecule has 0 spiro atoms. The Morgan fingerprint density at radius 2 is 2.12 bits per heavy atom. The second kappa shape index (κ2) is 1.69. The van der Waals surface area contributed by atoms with E-state index in [9.17, 15) is 4.39 Å². The predicted molar refractivity (Wildman–Crippen MR) is 31.6 cm³/mol. The molecule has 1 heterocycles. The van der Waals surface area contributed by atoms with Gasteiger partial charge in [0.05, 0.1) is 6.67 Å².